The molecule has 0 aromatic carbocycles. The van der Waals surface area contributed by atoms with E-state index in [1.165, 1.54) is 0 Å². The Balaban J connectivity index is 1.84. The summed E-state index contributed by atoms with van der Waals surface area (Å²) in [4.78, 5) is 32.5. The molecule has 0 saturated heterocycles. The van der Waals surface area contributed by atoms with Crippen molar-refractivity contribution in [3.63, 3.8) is 0 Å². The number of hydrogen-bond acceptors (Lipinski definition) is 5. The fourth-order valence-electron chi connectivity index (χ4n) is 3.30. The third-order valence-corrected chi connectivity index (χ3v) is 4.86. The van der Waals surface area contributed by atoms with Gasteiger partial charge in [-0.3, -0.25) is 4.79 Å². The summed E-state index contributed by atoms with van der Waals surface area (Å²) in [7, 11) is 7.67. The van der Waals surface area contributed by atoms with Crippen LogP contribution in [0, 0.1) is 0 Å². The van der Waals surface area contributed by atoms with Gasteiger partial charge in [-0.15, -0.1) is 0 Å². The van der Waals surface area contributed by atoms with E-state index in [1.54, 1.807) is 18.9 Å². The van der Waals surface area contributed by atoms with Crippen LogP contribution in [0.15, 0.2) is 30.6 Å². The quantitative estimate of drug-likeness (QED) is 0.547. The molecule has 9 heteroatoms. The summed E-state index contributed by atoms with van der Waals surface area (Å²) in [5.41, 5.74) is 5.23. The monoisotopic (exact) mass is 375 g/mol. The molecule has 0 radical (unpaired) electrons. The zero-order chi connectivity index (χ0) is 20.0. The van der Waals surface area contributed by atoms with Gasteiger partial charge < -0.3 is 19.3 Å². The smallest absolute Gasteiger partial charge is 0.219 e. The van der Waals surface area contributed by atoms with E-state index >= 15 is 0 Å². The van der Waals surface area contributed by atoms with E-state index in [2.05, 4.69) is 16.0 Å². The molecule has 0 bridgehead atoms. The molecule has 4 aromatic heterocycles. The molecule has 1 N–H and O–H groups in total. The van der Waals surface area contributed by atoms with Gasteiger partial charge in [0.25, 0.3) is 0 Å². The molecule has 8 nitrogen and oxygen atoms in total. The van der Waals surface area contributed by atoms with E-state index in [-0.39, 0.29) is 5.91 Å². The van der Waals surface area contributed by atoms with E-state index in [0.717, 1.165) is 45.0 Å². The van der Waals surface area contributed by atoms with Gasteiger partial charge in [0.2, 0.25) is 13.9 Å². The zero-order valence-electron chi connectivity index (χ0n) is 16.7. The summed E-state index contributed by atoms with van der Waals surface area (Å²) in [6, 6.07) is 7.89. The Bertz CT molecular complexity index is 1190. The molecule has 0 unspecified atom stereocenters. The molecule has 0 saturated carbocycles. The number of fused-ring (bicyclic) bond motifs is 3. The number of carbonyl (C=O) groups excluding carboxylic acids is 1. The Morgan fingerprint density at radius 3 is 2.79 bits per heavy atom. The van der Waals surface area contributed by atoms with Crippen molar-refractivity contribution in [3.05, 3.63) is 36.3 Å². The maximum atomic E-state index is 11.5. The summed E-state index contributed by atoms with van der Waals surface area (Å²) in [6.07, 6.45) is 1.81. The first kappa shape index (κ1) is 18.0. The van der Waals surface area contributed by atoms with Crippen LogP contribution in [0.3, 0.4) is 0 Å². The summed E-state index contributed by atoms with van der Waals surface area (Å²) in [6.45, 7) is 2.02. The minimum absolute atomic E-state index is 0.0110. The number of nitrogens with one attached hydrogen (secondary N) is 1. The summed E-state index contributed by atoms with van der Waals surface area (Å²) in [5, 5.41) is 1.00. The van der Waals surface area contributed by atoms with Gasteiger partial charge >= 0.3 is 0 Å². The molecule has 0 aliphatic carbocycles. The van der Waals surface area contributed by atoms with Gasteiger partial charge in [-0.25, -0.2) is 15.0 Å². The van der Waals surface area contributed by atoms with Gasteiger partial charge in [0.1, 0.15) is 17.0 Å². The minimum Gasteiger partial charge on any atom is -0.408 e. The maximum absolute atomic E-state index is 11.5. The number of hydrogen-bond donors (Lipinski definition) is 1. The molecule has 4 aromatic rings. The van der Waals surface area contributed by atoms with Gasteiger partial charge in [0, 0.05) is 26.4 Å². The first-order chi connectivity index (χ1) is 13.3. The number of carbonyl (C=O) groups is 1. The zero-order valence-corrected chi connectivity index (χ0v) is 16.7. The number of aryl methyl sites for hydroxylation is 1. The van der Waals surface area contributed by atoms with Crippen LogP contribution in [0.1, 0.15) is 12.6 Å². The number of pyridine rings is 2. The molecule has 0 aliphatic heterocycles. The van der Waals surface area contributed by atoms with Crippen molar-refractivity contribution >= 4 is 41.8 Å². The Labute approximate surface area is 163 Å². The normalized spacial score (nSPS) is 11.3. The van der Waals surface area contributed by atoms with Crippen LogP contribution in [0.2, 0.25) is 0 Å². The Morgan fingerprint density at radius 1 is 1.29 bits per heavy atom. The maximum Gasteiger partial charge on any atom is 0.219 e. The molecule has 0 atom stereocenters. The van der Waals surface area contributed by atoms with Gasteiger partial charge in [-0.1, -0.05) is 6.07 Å². The molecule has 142 valence electrons. The van der Waals surface area contributed by atoms with Crippen molar-refractivity contribution in [2.24, 2.45) is 7.05 Å². The Hall–Kier alpha value is -3.36. The van der Waals surface area contributed by atoms with Crippen molar-refractivity contribution in [3.8, 4) is 11.4 Å². The van der Waals surface area contributed by atoms with Crippen molar-refractivity contribution in [2.75, 3.05) is 18.9 Å². The van der Waals surface area contributed by atoms with E-state index in [4.69, 9.17) is 9.97 Å². The summed E-state index contributed by atoms with van der Waals surface area (Å²) in [5.74, 6) is 0.832. The van der Waals surface area contributed by atoms with Crippen LogP contribution < -0.4 is 4.81 Å². The van der Waals surface area contributed by atoms with Crippen LogP contribution in [0.4, 0.5) is 5.82 Å². The second-order valence-corrected chi connectivity index (χ2v) is 7.22. The van der Waals surface area contributed by atoms with Crippen LogP contribution in [0.5, 0.6) is 0 Å². The minimum atomic E-state index is 0.0110. The lowest BCUT2D eigenvalue weighted by molar-refractivity contribution is -0.128. The molecule has 4 rings (SSSR count). The third-order valence-electron chi connectivity index (χ3n) is 4.86. The fourth-order valence-corrected chi connectivity index (χ4v) is 3.30. The predicted molar refractivity (Wildman–Crippen MR) is 113 cm³/mol. The molecule has 0 spiro atoms. The van der Waals surface area contributed by atoms with E-state index in [1.807, 2.05) is 56.0 Å². The number of aromatic amines is 1. The van der Waals surface area contributed by atoms with Crippen LogP contribution in [-0.4, -0.2) is 57.4 Å². The van der Waals surface area contributed by atoms with E-state index in [9.17, 15) is 4.79 Å². The van der Waals surface area contributed by atoms with Gasteiger partial charge in [-0.05, 0) is 25.2 Å². The average Bonchev–Trinajstić information content (AvgIpc) is 3.24. The van der Waals surface area contributed by atoms with Crippen molar-refractivity contribution in [1.82, 2.24) is 29.4 Å². The van der Waals surface area contributed by atoms with Gasteiger partial charge in [0.05, 0.1) is 35.5 Å². The Morgan fingerprint density at radius 2 is 2.07 bits per heavy atom. The Kier molecular flexibility index (Phi) is 4.29. The molecular formula is C19H22BN7O. The van der Waals surface area contributed by atoms with Crippen LogP contribution in [-0.2, 0) is 18.4 Å². The lowest BCUT2D eigenvalue weighted by Gasteiger charge is -2.14. The number of nitrogens with zero attached hydrogens (tertiary/aromatic N) is 6. The predicted octanol–water partition coefficient (Wildman–Crippen LogP) is 1.47. The van der Waals surface area contributed by atoms with E-state index < -0.39 is 0 Å². The molecule has 1 amide bonds. The van der Waals surface area contributed by atoms with Gasteiger partial charge in [-0.2, -0.15) is 0 Å². The SMILES string of the molecule is BN(C)c1nc2[nH]c(-c3cccc(CN(C)C(C)=O)n3)cc2c2c1ncn2C. The molecule has 4 heterocycles. The molecule has 28 heavy (non-hydrogen) atoms. The lowest BCUT2D eigenvalue weighted by Crippen LogP contribution is -2.23. The highest BCUT2D eigenvalue weighted by atomic mass is 16.2. The standard InChI is InChI=1S/C19H22BN7O/c1-11(28)25(2)9-12-6-5-7-14(22-12)15-8-13-17-16(21-10-26(17)3)19(27(4)20)24-18(13)23-15/h5-8,10H,9,20H2,1-4H3,(H,23,24). The largest absolute Gasteiger partial charge is 0.408 e. The second kappa shape index (κ2) is 6.67. The van der Waals surface area contributed by atoms with Crippen LogP contribution in [0.25, 0.3) is 33.5 Å². The first-order valence-corrected chi connectivity index (χ1v) is 9.04. The number of imidazole rings is 1. The number of amides is 1. The number of rotatable bonds is 4. The highest BCUT2D eigenvalue weighted by molar-refractivity contribution is 6.20. The average molecular weight is 375 g/mol. The number of H-pyrrole nitrogens is 1. The third kappa shape index (κ3) is 2.98. The van der Waals surface area contributed by atoms with Crippen molar-refractivity contribution in [2.45, 2.75) is 13.5 Å². The first-order valence-electron chi connectivity index (χ1n) is 9.04. The topological polar surface area (TPSA) is 82.9 Å². The summed E-state index contributed by atoms with van der Waals surface area (Å²) >= 11 is 0. The molecule has 0 fully saturated rings. The van der Waals surface area contributed by atoms with E-state index in [0.29, 0.717) is 6.54 Å². The lowest BCUT2D eigenvalue weighted by atomic mass is 10.2. The second-order valence-electron chi connectivity index (χ2n) is 7.22. The number of anilines is 1. The molecular weight excluding hydrogens is 353 g/mol. The molecule has 0 aliphatic rings. The highest BCUT2D eigenvalue weighted by Gasteiger charge is 2.17. The highest BCUT2D eigenvalue weighted by Crippen LogP contribution is 2.32. The number of aromatic nitrogens is 5. The van der Waals surface area contributed by atoms with Gasteiger partial charge in [0.15, 0.2) is 0 Å². The van der Waals surface area contributed by atoms with Crippen LogP contribution >= 0.6 is 0 Å². The summed E-state index contributed by atoms with van der Waals surface area (Å²) < 4.78 is 2.01. The van der Waals surface area contributed by atoms with Crippen molar-refractivity contribution in [1.29, 1.82) is 0 Å². The fraction of sp³-hybridized carbons (Fsp3) is 0.263. The van der Waals surface area contributed by atoms with Crippen molar-refractivity contribution < 1.29 is 4.79 Å².